The van der Waals surface area contributed by atoms with Gasteiger partial charge in [-0.15, -0.1) is 0 Å². The van der Waals surface area contributed by atoms with Crippen LogP contribution in [0, 0.1) is 0 Å². The SMILES string of the molecule is CCCN1C(=O)C(=O)/C(=C(\O)c2ccc(OC)c(Br)c2)C1c1ccc(CC)cc1. The smallest absolute Gasteiger partial charge is 0.295 e. The van der Waals surface area contributed by atoms with Crippen LogP contribution >= 0.6 is 15.9 Å². The molecule has 0 bridgehead atoms. The number of ketones is 1. The normalized spacial score (nSPS) is 18.3. The Hall–Kier alpha value is -2.60. The van der Waals surface area contributed by atoms with Crippen LogP contribution in [0.15, 0.2) is 52.5 Å². The van der Waals surface area contributed by atoms with Crippen LogP contribution in [0.25, 0.3) is 5.76 Å². The second-order valence-corrected chi connectivity index (χ2v) is 7.79. The van der Waals surface area contributed by atoms with Crippen molar-refractivity contribution < 1.29 is 19.4 Å². The number of benzene rings is 2. The van der Waals surface area contributed by atoms with E-state index in [1.165, 1.54) is 5.56 Å². The molecule has 6 heteroatoms. The molecular weight excluding hydrogens is 434 g/mol. The van der Waals surface area contributed by atoms with Gasteiger partial charge in [-0.05, 0) is 58.1 Å². The van der Waals surface area contributed by atoms with Crippen molar-refractivity contribution in [3.05, 3.63) is 69.2 Å². The maximum Gasteiger partial charge on any atom is 0.295 e. The number of methoxy groups -OCH3 is 1. The van der Waals surface area contributed by atoms with Gasteiger partial charge in [-0.2, -0.15) is 0 Å². The fraction of sp³-hybridized carbons (Fsp3) is 0.304. The lowest BCUT2D eigenvalue weighted by Crippen LogP contribution is -2.30. The Bertz CT molecular complexity index is 965. The molecule has 1 atom stereocenters. The third-order valence-corrected chi connectivity index (χ3v) is 5.75. The summed E-state index contributed by atoms with van der Waals surface area (Å²) in [7, 11) is 1.55. The molecule has 152 valence electrons. The van der Waals surface area contributed by atoms with Crippen LogP contribution in [0.4, 0.5) is 0 Å². The molecule has 1 unspecified atom stereocenters. The standard InChI is InChI=1S/C23H24BrNO4/c1-4-12-25-20(15-8-6-14(5-2)7-9-15)19(22(27)23(25)28)21(26)16-10-11-18(29-3)17(24)13-16/h6-11,13,20,26H,4-5,12H2,1-3H3/b21-19-. The first kappa shape index (κ1) is 21.1. The number of halogens is 1. The molecule has 0 saturated carbocycles. The van der Waals surface area contributed by atoms with Gasteiger partial charge in [0.2, 0.25) is 0 Å². The Morgan fingerprint density at radius 3 is 2.38 bits per heavy atom. The van der Waals surface area contributed by atoms with E-state index in [9.17, 15) is 14.7 Å². The minimum atomic E-state index is -0.660. The fourth-order valence-electron chi connectivity index (χ4n) is 3.60. The minimum absolute atomic E-state index is 0.116. The highest BCUT2D eigenvalue weighted by atomic mass is 79.9. The number of carbonyl (C=O) groups excluding carboxylic acids is 2. The molecule has 1 aliphatic rings. The average Bonchev–Trinajstić information content (AvgIpc) is 2.98. The fourth-order valence-corrected chi connectivity index (χ4v) is 4.14. The number of hydrogen-bond acceptors (Lipinski definition) is 4. The van der Waals surface area contributed by atoms with Crippen molar-refractivity contribution in [2.45, 2.75) is 32.7 Å². The first-order valence-corrected chi connectivity index (χ1v) is 10.4. The number of aliphatic hydroxyl groups excluding tert-OH is 1. The van der Waals surface area contributed by atoms with E-state index in [1.54, 1.807) is 30.2 Å². The number of likely N-dealkylation sites (tertiary alicyclic amines) is 1. The van der Waals surface area contributed by atoms with Crippen LogP contribution in [-0.4, -0.2) is 35.4 Å². The second kappa shape index (κ2) is 8.82. The van der Waals surface area contributed by atoms with Gasteiger partial charge in [0.1, 0.15) is 11.5 Å². The number of Topliss-reactive ketones (excluding diaryl/α,β-unsaturated/α-hetero) is 1. The zero-order valence-corrected chi connectivity index (χ0v) is 18.3. The molecule has 0 aromatic heterocycles. The van der Waals surface area contributed by atoms with Gasteiger partial charge in [0.15, 0.2) is 0 Å². The minimum Gasteiger partial charge on any atom is -0.507 e. The number of amides is 1. The molecule has 0 aliphatic carbocycles. The summed E-state index contributed by atoms with van der Waals surface area (Å²) in [5.74, 6) is -0.812. The van der Waals surface area contributed by atoms with E-state index < -0.39 is 17.7 Å². The molecule has 29 heavy (non-hydrogen) atoms. The van der Waals surface area contributed by atoms with Gasteiger partial charge in [0, 0.05) is 12.1 Å². The van der Waals surface area contributed by atoms with E-state index in [0.29, 0.717) is 28.8 Å². The second-order valence-electron chi connectivity index (χ2n) is 6.94. The Kier molecular flexibility index (Phi) is 6.42. The molecule has 1 N–H and O–H groups in total. The van der Waals surface area contributed by atoms with Crippen molar-refractivity contribution in [3.8, 4) is 5.75 Å². The van der Waals surface area contributed by atoms with Crippen LogP contribution in [-0.2, 0) is 16.0 Å². The number of aryl methyl sites for hydroxylation is 1. The molecule has 2 aromatic rings. The average molecular weight is 458 g/mol. The number of rotatable bonds is 6. The summed E-state index contributed by atoms with van der Waals surface area (Å²) in [5, 5.41) is 11.0. The van der Waals surface area contributed by atoms with Crippen molar-refractivity contribution in [1.82, 2.24) is 4.90 Å². The lowest BCUT2D eigenvalue weighted by atomic mass is 9.94. The van der Waals surface area contributed by atoms with Gasteiger partial charge in [-0.1, -0.05) is 38.1 Å². The molecule has 5 nitrogen and oxygen atoms in total. The molecule has 0 spiro atoms. The summed E-state index contributed by atoms with van der Waals surface area (Å²) >= 11 is 3.40. The highest BCUT2D eigenvalue weighted by molar-refractivity contribution is 9.10. The number of aliphatic hydroxyl groups is 1. The van der Waals surface area contributed by atoms with Gasteiger partial charge in [-0.3, -0.25) is 9.59 Å². The summed E-state index contributed by atoms with van der Waals surface area (Å²) in [6, 6.07) is 12.3. The van der Waals surface area contributed by atoms with Crippen LogP contribution in [0.1, 0.15) is 43.0 Å². The third-order valence-electron chi connectivity index (χ3n) is 5.13. The van der Waals surface area contributed by atoms with Crippen LogP contribution < -0.4 is 4.74 Å². The van der Waals surface area contributed by atoms with Gasteiger partial charge in [0.25, 0.3) is 11.7 Å². The Morgan fingerprint density at radius 1 is 1.14 bits per heavy atom. The Balaban J connectivity index is 2.16. The highest BCUT2D eigenvalue weighted by Crippen LogP contribution is 2.40. The molecule has 1 amide bonds. The number of hydrogen-bond donors (Lipinski definition) is 1. The van der Waals surface area contributed by atoms with Crippen LogP contribution in [0.5, 0.6) is 5.75 Å². The maximum atomic E-state index is 12.9. The van der Waals surface area contributed by atoms with Gasteiger partial charge >= 0.3 is 0 Å². The lowest BCUT2D eigenvalue weighted by molar-refractivity contribution is -0.139. The molecule has 1 heterocycles. The summed E-state index contributed by atoms with van der Waals surface area (Å²) in [4.78, 5) is 27.1. The maximum absolute atomic E-state index is 12.9. The number of carbonyl (C=O) groups is 2. The van der Waals surface area contributed by atoms with Gasteiger partial charge in [0.05, 0.1) is 23.2 Å². The Labute approximate surface area is 179 Å². The molecule has 1 saturated heterocycles. The van der Waals surface area contributed by atoms with Crippen LogP contribution in [0.2, 0.25) is 0 Å². The largest absolute Gasteiger partial charge is 0.507 e. The first-order chi connectivity index (χ1) is 13.9. The molecule has 3 rings (SSSR count). The van der Waals surface area contributed by atoms with Crippen molar-refractivity contribution in [2.75, 3.05) is 13.7 Å². The molecule has 1 fully saturated rings. The highest BCUT2D eigenvalue weighted by Gasteiger charge is 2.45. The Morgan fingerprint density at radius 2 is 1.83 bits per heavy atom. The summed E-state index contributed by atoms with van der Waals surface area (Å²) in [6.07, 6.45) is 1.61. The first-order valence-electron chi connectivity index (χ1n) is 9.64. The molecule has 0 radical (unpaired) electrons. The molecular formula is C23H24BrNO4. The lowest BCUT2D eigenvalue weighted by Gasteiger charge is -2.25. The third kappa shape index (κ3) is 3.94. The van der Waals surface area contributed by atoms with E-state index in [-0.39, 0.29) is 11.3 Å². The number of nitrogens with zero attached hydrogens (tertiary/aromatic N) is 1. The van der Waals surface area contributed by atoms with Gasteiger partial charge < -0.3 is 14.7 Å². The van der Waals surface area contributed by atoms with E-state index in [2.05, 4.69) is 22.9 Å². The predicted molar refractivity (Wildman–Crippen MR) is 116 cm³/mol. The van der Waals surface area contributed by atoms with E-state index in [1.807, 2.05) is 31.2 Å². The summed E-state index contributed by atoms with van der Waals surface area (Å²) in [6.45, 7) is 4.46. The van der Waals surface area contributed by atoms with Crippen molar-refractivity contribution in [3.63, 3.8) is 0 Å². The van der Waals surface area contributed by atoms with Crippen molar-refractivity contribution in [2.24, 2.45) is 0 Å². The molecule has 1 aliphatic heterocycles. The van der Waals surface area contributed by atoms with E-state index in [0.717, 1.165) is 12.0 Å². The van der Waals surface area contributed by atoms with E-state index >= 15 is 0 Å². The summed E-state index contributed by atoms with van der Waals surface area (Å²) < 4.78 is 5.88. The van der Waals surface area contributed by atoms with Crippen molar-refractivity contribution >= 4 is 33.4 Å². The van der Waals surface area contributed by atoms with E-state index in [4.69, 9.17) is 4.74 Å². The summed E-state index contributed by atoms with van der Waals surface area (Å²) in [5.41, 5.74) is 2.54. The molecule has 2 aromatic carbocycles. The zero-order chi connectivity index (χ0) is 21.1. The monoisotopic (exact) mass is 457 g/mol. The van der Waals surface area contributed by atoms with Crippen molar-refractivity contribution in [1.29, 1.82) is 0 Å². The van der Waals surface area contributed by atoms with Gasteiger partial charge in [-0.25, -0.2) is 0 Å². The van der Waals surface area contributed by atoms with Crippen LogP contribution in [0.3, 0.4) is 0 Å². The topological polar surface area (TPSA) is 66.8 Å². The quantitative estimate of drug-likeness (QED) is 0.382. The predicted octanol–water partition coefficient (Wildman–Crippen LogP) is 4.85. The zero-order valence-electron chi connectivity index (χ0n) is 16.7. The number of ether oxygens (including phenoxy) is 1.